The van der Waals surface area contributed by atoms with Crippen molar-refractivity contribution < 1.29 is 5.11 Å². The quantitative estimate of drug-likeness (QED) is 0.746. The average molecular weight is 332 g/mol. The molecule has 1 aromatic heterocycles. The minimum Gasteiger partial charge on any atom is -0.509 e. The molecule has 2 heterocycles. The zero-order valence-electron chi connectivity index (χ0n) is 14.5. The molecule has 0 fully saturated rings. The molecular formula is C20H20N4O. The maximum atomic E-state index is 10.6. The van der Waals surface area contributed by atoms with Crippen LogP contribution in [0.5, 0.6) is 0 Å². The number of aromatic nitrogens is 2. The van der Waals surface area contributed by atoms with Crippen molar-refractivity contribution in [2.75, 3.05) is 11.4 Å². The van der Waals surface area contributed by atoms with Crippen molar-refractivity contribution >= 4 is 28.1 Å². The van der Waals surface area contributed by atoms with Crippen LogP contribution in [0.1, 0.15) is 17.0 Å². The van der Waals surface area contributed by atoms with Crippen LogP contribution in [0.4, 0.5) is 5.69 Å². The van der Waals surface area contributed by atoms with Crippen LogP contribution in [0.3, 0.4) is 0 Å². The van der Waals surface area contributed by atoms with Crippen LogP contribution in [0.2, 0.25) is 0 Å². The van der Waals surface area contributed by atoms with Gasteiger partial charge < -0.3 is 14.6 Å². The maximum absolute atomic E-state index is 10.6. The van der Waals surface area contributed by atoms with Gasteiger partial charge in [-0.1, -0.05) is 18.2 Å². The first kappa shape index (κ1) is 15.4. The van der Waals surface area contributed by atoms with E-state index in [1.807, 2.05) is 72.8 Å². The molecule has 0 atom stereocenters. The highest BCUT2D eigenvalue weighted by molar-refractivity contribution is 6.30. The van der Waals surface area contributed by atoms with Crippen LogP contribution >= 0.6 is 0 Å². The fourth-order valence-electron chi connectivity index (χ4n) is 3.36. The lowest BCUT2D eigenvalue weighted by Gasteiger charge is -2.19. The molecule has 126 valence electrons. The number of nitrogens with one attached hydrogen (secondary N) is 1. The van der Waals surface area contributed by atoms with Gasteiger partial charge in [-0.15, -0.1) is 0 Å². The van der Waals surface area contributed by atoms with Crippen LogP contribution in [-0.2, 0) is 7.05 Å². The number of nitrogens with zero attached hydrogens (tertiary/aromatic N) is 3. The van der Waals surface area contributed by atoms with Crippen LogP contribution in [0, 0.1) is 19.3 Å². The van der Waals surface area contributed by atoms with Crippen LogP contribution in [0.15, 0.2) is 48.2 Å². The van der Waals surface area contributed by atoms with E-state index >= 15 is 0 Å². The number of hydrogen-bond acceptors (Lipinski definition) is 3. The predicted octanol–water partition coefficient (Wildman–Crippen LogP) is 3.96. The summed E-state index contributed by atoms with van der Waals surface area (Å²) in [6.45, 7) is 4.34. The molecule has 0 radical (unpaired) electrons. The third kappa shape index (κ3) is 2.39. The molecule has 2 N–H and O–H groups in total. The molecule has 2 aromatic carbocycles. The Kier molecular flexibility index (Phi) is 3.39. The second-order valence-corrected chi connectivity index (χ2v) is 6.58. The summed E-state index contributed by atoms with van der Waals surface area (Å²) in [6.07, 6.45) is 0. The van der Waals surface area contributed by atoms with E-state index in [4.69, 9.17) is 5.41 Å². The molecule has 0 amide bonds. The smallest absolute Gasteiger partial charge is 0.148 e. The minimum absolute atomic E-state index is 0.182. The number of anilines is 1. The van der Waals surface area contributed by atoms with Gasteiger partial charge in [-0.05, 0) is 49.2 Å². The van der Waals surface area contributed by atoms with Gasteiger partial charge in [0.25, 0.3) is 0 Å². The Bertz CT molecular complexity index is 1050. The second-order valence-electron chi connectivity index (χ2n) is 6.58. The van der Waals surface area contributed by atoms with Gasteiger partial charge in [0.05, 0.1) is 23.2 Å². The van der Waals surface area contributed by atoms with Gasteiger partial charge in [0.1, 0.15) is 17.4 Å². The lowest BCUT2D eigenvalue weighted by atomic mass is 10.2. The highest BCUT2D eigenvalue weighted by Gasteiger charge is 2.32. The molecule has 0 aliphatic carbocycles. The van der Waals surface area contributed by atoms with Gasteiger partial charge in [-0.25, -0.2) is 4.98 Å². The average Bonchev–Trinajstić information content (AvgIpc) is 3.04. The summed E-state index contributed by atoms with van der Waals surface area (Å²) in [7, 11) is 1.92. The lowest BCUT2D eigenvalue weighted by molar-refractivity contribution is 0.411. The number of rotatable bonds is 2. The summed E-state index contributed by atoms with van der Waals surface area (Å²) in [6, 6.07) is 14.0. The molecule has 0 spiro atoms. The zero-order valence-corrected chi connectivity index (χ0v) is 14.5. The first-order valence-electron chi connectivity index (χ1n) is 8.24. The highest BCUT2D eigenvalue weighted by atomic mass is 16.3. The Balaban J connectivity index is 1.79. The molecule has 1 aliphatic rings. The van der Waals surface area contributed by atoms with Crippen molar-refractivity contribution in [1.29, 1.82) is 5.41 Å². The van der Waals surface area contributed by atoms with E-state index < -0.39 is 0 Å². The van der Waals surface area contributed by atoms with Gasteiger partial charge >= 0.3 is 0 Å². The van der Waals surface area contributed by atoms with Gasteiger partial charge in [0, 0.05) is 12.7 Å². The molecular weight excluding hydrogens is 312 g/mol. The molecule has 0 unspecified atom stereocenters. The van der Waals surface area contributed by atoms with E-state index in [1.54, 1.807) is 0 Å². The van der Waals surface area contributed by atoms with Gasteiger partial charge in [0.2, 0.25) is 0 Å². The number of benzene rings is 2. The van der Waals surface area contributed by atoms with Crippen molar-refractivity contribution in [1.82, 2.24) is 9.55 Å². The van der Waals surface area contributed by atoms with Crippen molar-refractivity contribution in [3.05, 3.63) is 65.2 Å². The molecule has 25 heavy (non-hydrogen) atoms. The van der Waals surface area contributed by atoms with Crippen LogP contribution in [0.25, 0.3) is 16.6 Å². The topological polar surface area (TPSA) is 65.1 Å². The first-order valence-corrected chi connectivity index (χ1v) is 8.24. The summed E-state index contributed by atoms with van der Waals surface area (Å²) in [4.78, 5) is 6.49. The molecule has 3 aromatic rings. The first-order chi connectivity index (χ1) is 12.0. The van der Waals surface area contributed by atoms with Gasteiger partial charge in [-0.3, -0.25) is 5.41 Å². The third-order valence-corrected chi connectivity index (χ3v) is 4.68. The molecule has 5 heteroatoms. The molecule has 0 saturated heterocycles. The van der Waals surface area contributed by atoms with Crippen molar-refractivity contribution in [2.24, 2.45) is 7.05 Å². The highest BCUT2D eigenvalue weighted by Crippen LogP contribution is 2.32. The molecule has 5 nitrogen and oxygen atoms in total. The fraction of sp³-hybridized carbons (Fsp3) is 0.200. The third-order valence-electron chi connectivity index (χ3n) is 4.68. The summed E-state index contributed by atoms with van der Waals surface area (Å²) in [5.74, 6) is 1.08. The Labute approximate surface area is 146 Å². The van der Waals surface area contributed by atoms with E-state index in [1.165, 1.54) is 0 Å². The Morgan fingerprint density at radius 1 is 1.08 bits per heavy atom. The maximum Gasteiger partial charge on any atom is 0.148 e. The van der Waals surface area contributed by atoms with E-state index in [9.17, 15) is 5.11 Å². The van der Waals surface area contributed by atoms with Crippen LogP contribution in [-0.4, -0.2) is 27.0 Å². The summed E-state index contributed by atoms with van der Waals surface area (Å²) < 4.78 is 1.94. The van der Waals surface area contributed by atoms with Crippen molar-refractivity contribution in [2.45, 2.75) is 13.8 Å². The fourth-order valence-corrected chi connectivity index (χ4v) is 3.36. The number of aliphatic hydroxyl groups is 1. The van der Waals surface area contributed by atoms with Gasteiger partial charge in [-0.2, -0.15) is 0 Å². The van der Waals surface area contributed by atoms with Gasteiger partial charge in [0.15, 0.2) is 0 Å². The summed E-state index contributed by atoms with van der Waals surface area (Å²) >= 11 is 0. The summed E-state index contributed by atoms with van der Waals surface area (Å²) in [5.41, 5.74) is 5.52. The molecule has 1 aliphatic heterocycles. The van der Waals surface area contributed by atoms with E-state index in [2.05, 4.69) is 4.98 Å². The Morgan fingerprint density at radius 2 is 1.84 bits per heavy atom. The monoisotopic (exact) mass is 332 g/mol. The SMILES string of the molecule is Cc1cccc(N2CC(O)=C(c3nc4cc(C)ccc4n3C)C2=N)c1. The number of aliphatic hydroxyl groups excluding tert-OH is 1. The van der Waals surface area contributed by atoms with E-state index in [0.29, 0.717) is 17.9 Å². The molecule has 0 bridgehead atoms. The number of amidine groups is 1. The predicted molar refractivity (Wildman–Crippen MR) is 101 cm³/mol. The number of aryl methyl sites for hydroxylation is 3. The molecule has 0 saturated carbocycles. The second kappa shape index (κ2) is 5.48. The van der Waals surface area contributed by atoms with E-state index in [0.717, 1.165) is 27.8 Å². The summed E-state index contributed by atoms with van der Waals surface area (Å²) in [5, 5.41) is 19.2. The molecule has 4 rings (SSSR count). The number of hydrogen-bond donors (Lipinski definition) is 2. The Morgan fingerprint density at radius 3 is 2.60 bits per heavy atom. The number of imidazole rings is 1. The minimum atomic E-state index is 0.182. The lowest BCUT2D eigenvalue weighted by Crippen LogP contribution is -2.26. The largest absolute Gasteiger partial charge is 0.509 e. The standard InChI is InChI=1S/C20H20N4O/c1-12-5-4-6-14(9-12)24-11-17(25)18(19(24)21)20-22-15-10-13(2)7-8-16(15)23(20)3/h4-10,21,25H,11H2,1-3H3. The number of fused-ring (bicyclic) bond motifs is 1. The van der Waals surface area contributed by atoms with Crippen molar-refractivity contribution in [3.8, 4) is 0 Å². The Hall–Kier alpha value is -3.08. The van der Waals surface area contributed by atoms with Crippen molar-refractivity contribution in [3.63, 3.8) is 0 Å². The van der Waals surface area contributed by atoms with Crippen LogP contribution < -0.4 is 4.90 Å². The zero-order chi connectivity index (χ0) is 17.7. The normalized spacial score (nSPS) is 14.8. The van der Waals surface area contributed by atoms with E-state index in [-0.39, 0.29) is 11.6 Å².